The van der Waals surface area contributed by atoms with Crippen LogP contribution in [0.4, 0.5) is 10.1 Å². The van der Waals surface area contributed by atoms with Crippen LogP contribution in [-0.2, 0) is 0 Å². The largest absolute Gasteiger partial charge is 0.383 e. The first-order chi connectivity index (χ1) is 9.10. The minimum atomic E-state index is -0.346. The van der Waals surface area contributed by atoms with E-state index in [2.05, 4.69) is 32.3 Å². The minimum Gasteiger partial charge on any atom is -0.383 e. The van der Waals surface area contributed by atoms with Crippen LogP contribution in [-0.4, -0.2) is 11.5 Å². The van der Waals surface area contributed by atoms with Crippen molar-refractivity contribution in [2.24, 2.45) is 0 Å². The molecular weight excluding hydrogens is 309 g/mol. The third-order valence-corrected chi connectivity index (χ3v) is 3.67. The smallest absolute Gasteiger partial charge is 0.138 e. The maximum atomic E-state index is 13.9. The quantitative estimate of drug-likeness (QED) is 0.924. The number of anilines is 1. The van der Waals surface area contributed by atoms with Crippen molar-refractivity contribution < 1.29 is 4.39 Å². The number of nitrogens with one attached hydrogen (secondary N) is 1. The molecular formula is C14H13BrFN3. The molecule has 19 heavy (non-hydrogen) atoms. The maximum absolute atomic E-state index is 13.9. The predicted octanol–water partition coefficient (Wildman–Crippen LogP) is 4.14. The van der Waals surface area contributed by atoms with E-state index in [0.717, 1.165) is 18.5 Å². The minimum absolute atomic E-state index is 0.344. The molecule has 1 N–H and O–H groups in total. The average molecular weight is 322 g/mol. The van der Waals surface area contributed by atoms with Crippen LogP contribution >= 0.6 is 15.9 Å². The second-order valence-corrected chi connectivity index (χ2v) is 5.09. The summed E-state index contributed by atoms with van der Waals surface area (Å²) in [5.74, 6) is -0.346. The highest BCUT2D eigenvalue weighted by Gasteiger charge is 2.16. The van der Waals surface area contributed by atoms with Gasteiger partial charge in [-0.1, -0.05) is 6.92 Å². The van der Waals surface area contributed by atoms with E-state index in [0.29, 0.717) is 26.6 Å². The molecule has 0 bridgehead atoms. The molecule has 0 unspecified atom stereocenters. The van der Waals surface area contributed by atoms with Gasteiger partial charge in [-0.3, -0.25) is 4.98 Å². The van der Waals surface area contributed by atoms with Gasteiger partial charge in [-0.15, -0.1) is 0 Å². The first-order valence-electron chi connectivity index (χ1n) is 6.01. The molecule has 0 saturated heterocycles. The van der Waals surface area contributed by atoms with Gasteiger partial charge in [0.25, 0.3) is 0 Å². The molecule has 98 valence electrons. The number of rotatable bonds is 3. The van der Waals surface area contributed by atoms with Gasteiger partial charge >= 0.3 is 0 Å². The molecule has 0 aliphatic rings. The van der Waals surface area contributed by atoms with Gasteiger partial charge in [0.15, 0.2) is 0 Å². The summed E-state index contributed by atoms with van der Waals surface area (Å²) in [5.41, 5.74) is 2.51. The molecule has 1 aromatic carbocycles. The summed E-state index contributed by atoms with van der Waals surface area (Å²) in [4.78, 5) is 4.26. The third-order valence-electron chi connectivity index (χ3n) is 2.90. The fourth-order valence-electron chi connectivity index (χ4n) is 1.98. The van der Waals surface area contributed by atoms with Gasteiger partial charge < -0.3 is 5.32 Å². The lowest BCUT2D eigenvalue weighted by Gasteiger charge is -2.13. The van der Waals surface area contributed by atoms with Crippen molar-refractivity contribution in [1.29, 1.82) is 5.26 Å². The summed E-state index contributed by atoms with van der Waals surface area (Å²) in [6, 6.07) is 3.53. The zero-order valence-electron chi connectivity index (χ0n) is 10.7. The molecule has 0 radical (unpaired) electrons. The Bertz CT molecular complexity index is 677. The third kappa shape index (κ3) is 2.41. The predicted molar refractivity (Wildman–Crippen MR) is 77.6 cm³/mol. The number of aryl methyl sites for hydroxylation is 1. The second-order valence-electron chi connectivity index (χ2n) is 4.30. The van der Waals surface area contributed by atoms with Crippen LogP contribution in [0.25, 0.3) is 10.9 Å². The van der Waals surface area contributed by atoms with Gasteiger partial charge in [0, 0.05) is 18.1 Å². The number of halogens is 2. The van der Waals surface area contributed by atoms with Crippen LogP contribution in [0, 0.1) is 24.1 Å². The zero-order chi connectivity index (χ0) is 14.0. The molecule has 2 rings (SSSR count). The summed E-state index contributed by atoms with van der Waals surface area (Å²) < 4.78 is 14.2. The fourth-order valence-corrected chi connectivity index (χ4v) is 2.48. The van der Waals surface area contributed by atoms with Crippen molar-refractivity contribution in [3.63, 3.8) is 0 Å². The number of hydrogen-bond donors (Lipinski definition) is 1. The van der Waals surface area contributed by atoms with E-state index in [-0.39, 0.29) is 5.82 Å². The van der Waals surface area contributed by atoms with Crippen LogP contribution in [0.2, 0.25) is 0 Å². The number of nitriles is 1. The first-order valence-corrected chi connectivity index (χ1v) is 6.80. The van der Waals surface area contributed by atoms with Crippen molar-refractivity contribution in [1.82, 2.24) is 4.98 Å². The Labute approximate surface area is 119 Å². The molecule has 0 spiro atoms. The van der Waals surface area contributed by atoms with Gasteiger partial charge in [-0.25, -0.2) is 4.39 Å². The lowest BCUT2D eigenvalue weighted by molar-refractivity contribution is 0.622. The fraction of sp³-hybridized carbons (Fsp3) is 0.286. The van der Waals surface area contributed by atoms with E-state index in [9.17, 15) is 4.39 Å². The Balaban J connectivity index is 2.83. The van der Waals surface area contributed by atoms with Gasteiger partial charge in [-0.2, -0.15) is 5.26 Å². The maximum Gasteiger partial charge on any atom is 0.138 e. The molecule has 5 heteroatoms. The van der Waals surface area contributed by atoms with Gasteiger partial charge in [0.05, 0.1) is 21.2 Å². The van der Waals surface area contributed by atoms with Crippen LogP contribution in [0.5, 0.6) is 0 Å². The number of fused-ring (bicyclic) bond motifs is 1. The second kappa shape index (κ2) is 5.54. The highest BCUT2D eigenvalue weighted by molar-refractivity contribution is 9.10. The van der Waals surface area contributed by atoms with Gasteiger partial charge in [0.1, 0.15) is 11.9 Å². The molecule has 2 aromatic rings. The van der Waals surface area contributed by atoms with Crippen LogP contribution < -0.4 is 5.32 Å². The SMILES string of the molecule is CCCNc1c(C#N)cnc2c(C)cc(F)c(Br)c12. The normalized spacial score (nSPS) is 10.5. The van der Waals surface area contributed by atoms with Crippen molar-refractivity contribution in [2.45, 2.75) is 20.3 Å². The summed E-state index contributed by atoms with van der Waals surface area (Å²) in [7, 11) is 0. The standard InChI is InChI=1S/C14H13BrFN3/c1-3-4-18-14-9(6-17)7-19-13-8(2)5-10(16)12(15)11(13)14/h5,7H,3-4H2,1-2H3,(H,18,19). The Morgan fingerprint density at radius 2 is 2.26 bits per heavy atom. The number of nitrogens with zero attached hydrogens (tertiary/aromatic N) is 2. The molecule has 0 saturated carbocycles. The summed E-state index contributed by atoms with van der Waals surface area (Å²) in [6.45, 7) is 4.56. The van der Waals surface area contributed by atoms with E-state index in [1.165, 1.54) is 12.3 Å². The van der Waals surface area contributed by atoms with Crippen molar-refractivity contribution in [3.05, 3.63) is 33.7 Å². The van der Waals surface area contributed by atoms with Gasteiger partial charge in [0.2, 0.25) is 0 Å². The summed E-state index contributed by atoms with van der Waals surface area (Å²) in [5, 5.41) is 13.0. The monoisotopic (exact) mass is 321 g/mol. The number of aromatic nitrogens is 1. The zero-order valence-corrected chi connectivity index (χ0v) is 12.3. The molecule has 1 heterocycles. The van der Waals surface area contributed by atoms with E-state index in [1.54, 1.807) is 6.92 Å². The molecule has 0 amide bonds. The molecule has 0 atom stereocenters. The van der Waals surface area contributed by atoms with E-state index in [4.69, 9.17) is 5.26 Å². The summed E-state index contributed by atoms with van der Waals surface area (Å²) in [6.07, 6.45) is 2.44. The number of pyridine rings is 1. The molecule has 0 aliphatic carbocycles. The van der Waals surface area contributed by atoms with E-state index >= 15 is 0 Å². The average Bonchev–Trinajstić information content (AvgIpc) is 2.41. The van der Waals surface area contributed by atoms with Crippen molar-refractivity contribution >= 4 is 32.5 Å². The Morgan fingerprint density at radius 3 is 2.89 bits per heavy atom. The van der Waals surface area contributed by atoms with E-state index < -0.39 is 0 Å². The Kier molecular flexibility index (Phi) is 4.01. The number of hydrogen-bond acceptors (Lipinski definition) is 3. The highest BCUT2D eigenvalue weighted by Crippen LogP contribution is 2.35. The summed E-state index contributed by atoms with van der Waals surface area (Å²) >= 11 is 3.26. The highest BCUT2D eigenvalue weighted by atomic mass is 79.9. The molecule has 3 nitrogen and oxygen atoms in total. The van der Waals surface area contributed by atoms with Crippen LogP contribution in [0.15, 0.2) is 16.7 Å². The van der Waals surface area contributed by atoms with Gasteiger partial charge in [-0.05, 0) is 40.9 Å². The molecule has 0 aliphatic heterocycles. The van der Waals surface area contributed by atoms with Crippen LogP contribution in [0.1, 0.15) is 24.5 Å². The lowest BCUT2D eigenvalue weighted by atomic mass is 10.1. The lowest BCUT2D eigenvalue weighted by Crippen LogP contribution is -2.04. The van der Waals surface area contributed by atoms with Crippen molar-refractivity contribution in [2.75, 3.05) is 11.9 Å². The molecule has 0 fully saturated rings. The number of benzene rings is 1. The first kappa shape index (κ1) is 13.8. The Morgan fingerprint density at radius 1 is 1.53 bits per heavy atom. The van der Waals surface area contributed by atoms with E-state index in [1.807, 2.05) is 6.92 Å². The Hall–Kier alpha value is -1.67. The topological polar surface area (TPSA) is 48.7 Å². The van der Waals surface area contributed by atoms with Crippen LogP contribution in [0.3, 0.4) is 0 Å². The molecule has 1 aromatic heterocycles. The van der Waals surface area contributed by atoms with Crippen molar-refractivity contribution in [3.8, 4) is 6.07 Å².